The minimum absolute atomic E-state index is 0.00306. The van der Waals surface area contributed by atoms with Crippen molar-refractivity contribution < 1.29 is 17.9 Å². The van der Waals surface area contributed by atoms with Gasteiger partial charge in [0.1, 0.15) is 12.7 Å². The van der Waals surface area contributed by atoms with Crippen LogP contribution in [0.2, 0.25) is 0 Å². The average molecular weight is 192 g/mol. The molecule has 1 unspecified atom stereocenters. The Morgan fingerprint density at radius 3 is 2.31 bits per heavy atom. The Kier molecular flexibility index (Phi) is 4.86. The van der Waals surface area contributed by atoms with Gasteiger partial charge in [-0.05, 0) is 6.42 Å². The van der Waals surface area contributed by atoms with Crippen molar-refractivity contribution >= 4 is 0 Å². The summed E-state index contributed by atoms with van der Waals surface area (Å²) < 4.78 is 38.9. The molecule has 72 valence electrons. The number of ether oxygens (including phenoxy) is 1. The normalized spacial score (nSPS) is 13.0. The Morgan fingerprint density at radius 1 is 1.31 bits per heavy atom. The van der Waals surface area contributed by atoms with E-state index in [1.807, 2.05) is 0 Å². The van der Waals surface area contributed by atoms with E-state index >= 15 is 0 Å². The molecule has 0 N–H and O–H groups in total. The third-order valence-corrected chi connectivity index (χ3v) is 1.11. The SMILES string of the molecule is N#CCCC(C#N)OCC(F)(F)F. The Hall–Kier alpha value is -1.27. The van der Waals surface area contributed by atoms with Crippen LogP contribution in [-0.2, 0) is 4.74 Å². The number of hydrogen-bond acceptors (Lipinski definition) is 3. The van der Waals surface area contributed by atoms with Crippen LogP contribution in [0.25, 0.3) is 0 Å². The van der Waals surface area contributed by atoms with E-state index in [0.29, 0.717) is 0 Å². The fourth-order valence-electron chi connectivity index (χ4n) is 0.576. The Balaban J connectivity index is 3.76. The number of nitriles is 2. The Bertz CT molecular complexity index is 225. The van der Waals surface area contributed by atoms with Gasteiger partial charge in [0.2, 0.25) is 0 Å². The van der Waals surface area contributed by atoms with Gasteiger partial charge < -0.3 is 4.74 Å². The predicted octanol–water partition coefficient (Wildman–Crippen LogP) is 1.76. The first kappa shape index (κ1) is 11.7. The number of halogens is 3. The maximum Gasteiger partial charge on any atom is 0.411 e. The zero-order valence-electron chi connectivity index (χ0n) is 6.64. The summed E-state index contributed by atoms with van der Waals surface area (Å²) in [6.07, 6.45) is -5.57. The summed E-state index contributed by atoms with van der Waals surface area (Å²) in [6.45, 7) is -1.45. The molecule has 0 aromatic heterocycles. The van der Waals surface area contributed by atoms with Crippen molar-refractivity contribution in [3.63, 3.8) is 0 Å². The van der Waals surface area contributed by atoms with Crippen LogP contribution in [0.5, 0.6) is 0 Å². The first-order chi connectivity index (χ1) is 5.99. The average Bonchev–Trinajstić information content (AvgIpc) is 2.03. The summed E-state index contributed by atoms with van der Waals surface area (Å²) in [4.78, 5) is 0. The molecule has 1 atom stereocenters. The lowest BCUT2D eigenvalue weighted by Gasteiger charge is -2.10. The molecule has 0 aliphatic heterocycles. The zero-order valence-corrected chi connectivity index (χ0v) is 6.64. The van der Waals surface area contributed by atoms with Crippen LogP contribution in [0.3, 0.4) is 0 Å². The van der Waals surface area contributed by atoms with Crippen molar-refractivity contribution in [2.45, 2.75) is 25.1 Å². The summed E-state index contributed by atoms with van der Waals surface area (Å²) in [5, 5.41) is 16.4. The van der Waals surface area contributed by atoms with E-state index in [1.165, 1.54) is 6.07 Å². The van der Waals surface area contributed by atoms with E-state index in [4.69, 9.17) is 10.5 Å². The molecule has 0 fully saturated rings. The van der Waals surface area contributed by atoms with E-state index in [-0.39, 0.29) is 12.8 Å². The van der Waals surface area contributed by atoms with Crippen molar-refractivity contribution in [1.29, 1.82) is 10.5 Å². The fraction of sp³-hybridized carbons (Fsp3) is 0.714. The Morgan fingerprint density at radius 2 is 1.92 bits per heavy atom. The molecule has 0 rings (SSSR count). The quantitative estimate of drug-likeness (QED) is 0.681. The van der Waals surface area contributed by atoms with Crippen LogP contribution in [0.15, 0.2) is 0 Å². The minimum atomic E-state index is -4.43. The van der Waals surface area contributed by atoms with Crippen molar-refractivity contribution in [2.75, 3.05) is 6.61 Å². The van der Waals surface area contributed by atoms with Crippen LogP contribution in [0, 0.1) is 22.7 Å². The molecule has 0 amide bonds. The van der Waals surface area contributed by atoms with Crippen LogP contribution in [-0.4, -0.2) is 18.9 Å². The molecule has 0 aromatic rings. The highest BCUT2D eigenvalue weighted by atomic mass is 19.4. The largest absolute Gasteiger partial charge is 0.411 e. The summed E-state index contributed by atoms with van der Waals surface area (Å²) in [6, 6.07) is 3.25. The van der Waals surface area contributed by atoms with Crippen molar-refractivity contribution in [3.8, 4) is 12.1 Å². The lowest BCUT2D eigenvalue weighted by molar-refractivity contribution is -0.180. The predicted molar refractivity (Wildman–Crippen MR) is 36.3 cm³/mol. The van der Waals surface area contributed by atoms with Gasteiger partial charge in [-0.2, -0.15) is 23.7 Å². The molecule has 0 heterocycles. The maximum atomic E-state index is 11.6. The van der Waals surface area contributed by atoms with Gasteiger partial charge in [0.25, 0.3) is 0 Å². The van der Waals surface area contributed by atoms with Crippen LogP contribution in [0.1, 0.15) is 12.8 Å². The molecule has 0 radical (unpaired) electrons. The molecule has 0 spiro atoms. The molecule has 0 aromatic carbocycles. The van der Waals surface area contributed by atoms with E-state index < -0.39 is 18.9 Å². The molecular formula is C7H7F3N2O. The lowest BCUT2D eigenvalue weighted by Crippen LogP contribution is -2.22. The summed E-state index contributed by atoms with van der Waals surface area (Å²) in [5.41, 5.74) is 0. The molecule has 0 aliphatic rings. The van der Waals surface area contributed by atoms with Crippen LogP contribution >= 0.6 is 0 Å². The van der Waals surface area contributed by atoms with E-state index in [1.54, 1.807) is 6.07 Å². The first-order valence-electron chi connectivity index (χ1n) is 3.44. The molecule has 0 bridgehead atoms. The summed E-state index contributed by atoms with van der Waals surface area (Å²) in [7, 11) is 0. The van der Waals surface area contributed by atoms with E-state index in [2.05, 4.69) is 4.74 Å². The molecule has 13 heavy (non-hydrogen) atoms. The van der Waals surface area contributed by atoms with Crippen LogP contribution in [0.4, 0.5) is 13.2 Å². The number of nitrogens with zero attached hydrogens (tertiary/aromatic N) is 2. The number of hydrogen-bond donors (Lipinski definition) is 0. The highest BCUT2D eigenvalue weighted by molar-refractivity contribution is 4.87. The summed E-state index contributed by atoms with van der Waals surface area (Å²) in [5.74, 6) is 0. The molecule has 6 heteroatoms. The van der Waals surface area contributed by atoms with Crippen molar-refractivity contribution in [3.05, 3.63) is 0 Å². The van der Waals surface area contributed by atoms with Gasteiger partial charge in [-0.25, -0.2) is 0 Å². The lowest BCUT2D eigenvalue weighted by atomic mass is 10.2. The standard InChI is InChI=1S/C7H7F3N2O/c8-7(9,10)5-13-6(4-12)2-1-3-11/h6H,1-2,5H2. The van der Waals surface area contributed by atoms with E-state index in [0.717, 1.165) is 0 Å². The maximum absolute atomic E-state index is 11.6. The molecule has 3 nitrogen and oxygen atoms in total. The molecule has 0 saturated heterocycles. The molecule has 0 saturated carbocycles. The first-order valence-corrected chi connectivity index (χ1v) is 3.44. The zero-order chi connectivity index (χ0) is 10.3. The third-order valence-electron chi connectivity index (χ3n) is 1.11. The second-order valence-corrected chi connectivity index (χ2v) is 2.24. The monoisotopic (exact) mass is 192 g/mol. The van der Waals surface area contributed by atoms with Gasteiger partial charge in [0.05, 0.1) is 12.1 Å². The Labute approximate surface area is 73.3 Å². The fourth-order valence-corrected chi connectivity index (χ4v) is 0.576. The van der Waals surface area contributed by atoms with Gasteiger partial charge in [-0.1, -0.05) is 0 Å². The smallest absolute Gasteiger partial charge is 0.354 e. The van der Waals surface area contributed by atoms with Gasteiger partial charge >= 0.3 is 6.18 Å². The third kappa shape index (κ3) is 7.10. The number of rotatable bonds is 4. The van der Waals surface area contributed by atoms with Gasteiger partial charge in [-0.3, -0.25) is 0 Å². The van der Waals surface area contributed by atoms with Crippen molar-refractivity contribution in [2.24, 2.45) is 0 Å². The molecule has 0 aliphatic carbocycles. The minimum Gasteiger partial charge on any atom is -0.354 e. The number of alkyl halides is 3. The highest BCUT2D eigenvalue weighted by Crippen LogP contribution is 2.16. The van der Waals surface area contributed by atoms with Gasteiger partial charge in [0, 0.05) is 6.42 Å². The second kappa shape index (κ2) is 5.39. The van der Waals surface area contributed by atoms with Gasteiger partial charge in [0.15, 0.2) is 0 Å². The summed E-state index contributed by atoms with van der Waals surface area (Å²) >= 11 is 0. The molecular weight excluding hydrogens is 185 g/mol. The van der Waals surface area contributed by atoms with E-state index in [9.17, 15) is 13.2 Å². The highest BCUT2D eigenvalue weighted by Gasteiger charge is 2.29. The second-order valence-electron chi connectivity index (χ2n) is 2.24. The van der Waals surface area contributed by atoms with Crippen molar-refractivity contribution in [1.82, 2.24) is 0 Å². The topological polar surface area (TPSA) is 56.8 Å². The van der Waals surface area contributed by atoms with Gasteiger partial charge in [-0.15, -0.1) is 0 Å². The van der Waals surface area contributed by atoms with Crippen LogP contribution < -0.4 is 0 Å².